The number of rotatable bonds is 4. The maximum atomic E-state index is 14.3. The van der Waals surface area contributed by atoms with Crippen LogP contribution in [0.25, 0.3) is 22.3 Å². The van der Waals surface area contributed by atoms with Crippen LogP contribution in [0.1, 0.15) is 10.4 Å². The molecule has 1 N–H and O–H groups in total. The number of amides is 1. The summed E-state index contributed by atoms with van der Waals surface area (Å²) in [6.45, 7) is 2.50. The van der Waals surface area contributed by atoms with Crippen molar-refractivity contribution in [2.24, 2.45) is 0 Å². The van der Waals surface area contributed by atoms with Crippen molar-refractivity contribution in [3.8, 4) is 22.9 Å². The summed E-state index contributed by atoms with van der Waals surface area (Å²) >= 11 is 6.37. The van der Waals surface area contributed by atoms with E-state index in [1.54, 1.807) is 17.0 Å². The quantitative estimate of drug-likeness (QED) is 0.454. The van der Waals surface area contributed by atoms with Gasteiger partial charge in [0.2, 0.25) is 5.88 Å². The monoisotopic (exact) mass is 483 g/mol. The van der Waals surface area contributed by atoms with Crippen molar-refractivity contribution in [2.75, 3.05) is 33.2 Å². The van der Waals surface area contributed by atoms with Crippen LogP contribution in [-0.4, -0.2) is 64.1 Å². The first-order chi connectivity index (χ1) is 16.4. The lowest BCUT2D eigenvalue weighted by atomic mass is 10.1. The van der Waals surface area contributed by atoms with Crippen molar-refractivity contribution < 1.29 is 18.3 Å². The molecule has 0 radical (unpaired) electrons. The smallest absolute Gasteiger partial charge is 0.259 e. The second kappa shape index (κ2) is 9.00. The van der Waals surface area contributed by atoms with Crippen molar-refractivity contribution in [2.45, 2.75) is 0 Å². The van der Waals surface area contributed by atoms with Gasteiger partial charge < -0.3 is 14.5 Å². The van der Waals surface area contributed by atoms with E-state index in [0.717, 1.165) is 25.2 Å². The Morgan fingerprint density at radius 1 is 1.09 bits per heavy atom. The molecule has 1 saturated heterocycles. The van der Waals surface area contributed by atoms with Gasteiger partial charge in [-0.2, -0.15) is 10.1 Å². The predicted octanol–water partition coefficient (Wildman–Crippen LogP) is 4.74. The number of benzene rings is 2. The summed E-state index contributed by atoms with van der Waals surface area (Å²) in [7, 11) is 1.99. The minimum Gasteiger partial charge on any atom is -0.435 e. The van der Waals surface area contributed by atoms with E-state index in [4.69, 9.17) is 16.3 Å². The highest BCUT2D eigenvalue weighted by atomic mass is 35.5. The van der Waals surface area contributed by atoms with E-state index in [1.807, 2.05) is 25.2 Å². The number of carbonyl (C=O) groups is 1. The third kappa shape index (κ3) is 4.20. The summed E-state index contributed by atoms with van der Waals surface area (Å²) in [4.78, 5) is 21.8. The number of fused-ring (bicyclic) bond motifs is 1. The zero-order chi connectivity index (χ0) is 23.8. The Balaban J connectivity index is 1.63. The van der Waals surface area contributed by atoms with Gasteiger partial charge in [0.15, 0.2) is 17.2 Å². The van der Waals surface area contributed by atoms with Gasteiger partial charge in [-0.15, -0.1) is 0 Å². The summed E-state index contributed by atoms with van der Waals surface area (Å²) in [6.07, 6.45) is 0. The highest BCUT2D eigenvalue weighted by Crippen LogP contribution is 2.35. The van der Waals surface area contributed by atoms with Gasteiger partial charge in [-0.05, 0) is 31.3 Å². The number of hydrogen-bond acceptors (Lipinski definition) is 5. The lowest BCUT2D eigenvalue weighted by Gasteiger charge is -2.32. The van der Waals surface area contributed by atoms with Crippen LogP contribution in [0.4, 0.5) is 8.78 Å². The van der Waals surface area contributed by atoms with Crippen molar-refractivity contribution in [3.63, 3.8) is 0 Å². The molecule has 4 aromatic rings. The maximum absolute atomic E-state index is 14.3. The molecule has 0 spiro atoms. The summed E-state index contributed by atoms with van der Waals surface area (Å²) in [5.41, 5.74) is 1.69. The van der Waals surface area contributed by atoms with Crippen molar-refractivity contribution in [1.82, 2.24) is 25.0 Å². The summed E-state index contributed by atoms with van der Waals surface area (Å²) in [6, 6.07) is 11.8. The molecule has 5 rings (SSSR count). The summed E-state index contributed by atoms with van der Waals surface area (Å²) in [5, 5.41) is 8.24. The fourth-order valence-corrected chi connectivity index (χ4v) is 4.09. The molecule has 1 fully saturated rings. The Morgan fingerprint density at radius 2 is 1.85 bits per heavy atom. The van der Waals surface area contributed by atoms with Crippen LogP contribution in [0.5, 0.6) is 11.6 Å². The van der Waals surface area contributed by atoms with Crippen molar-refractivity contribution in [1.29, 1.82) is 0 Å². The summed E-state index contributed by atoms with van der Waals surface area (Å²) in [5.74, 6) is -2.28. The number of H-pyrrole nitrogens is 1. The number of likely N-dealkylation sites (N-methyl/N-ethyl adjacent to an activating group) is 1. The third-order valence-corrected chi connectivity index (χ3v) is 6.10. The van der Waals surface area contributed by atoms with Crippen molar-refractivity contribution >= 4 is 28.5 Å². The summed E-state index contributed by atoms with van der Waals surface area (Å²) < 4.78 is 33.4. The minimum absolute atomic E-state index is 0.101. The molecular formula is C24H20ClF2N5O2. The number of aromatic amines is 1. The average molecular weight is 484 g/mol. The molecule has 1 amide bonds. The lowest BCUT2D eigenvalue weighted by molar-refractivity contribution is 0.0661. The molecular weight excluding hydrogens is 464 g/mol. The predicted molar refractivity (Wildman–Crippen MR) is 124 cm³/mol. The number of aromatic nitrogens is 3. The molecule has 3 heterocycles. The van der Waals surface area contributed by atoms with Gasteiger partial charge in [-0.3, -0.25) is 9.89 Å². The van der Waals surface area contributed by atoms with Crippen LogP contribution in [0.2, 0.25) is 5.02 Å². The first kappa shape index (κ1) is 22.2. The van der Waals surface area contributed by atoms with Crippen LogP contribution in [0.15, 0.2) is 48.5 Å². The van der Waals surface area contributed by atoms with E-state index in [0.29, 0.717) is 46.5 Å². The Kier molecular flexibility index (Phi) is 5.89. The topological polar surface area (TPSA) is 74.4 Å². The number of carbonyl (C=O) groups excluding carboxylic acids is 1. The van der Waals surface area contributed by atoms with Gasteiger partial charge in [-0.25, -0.2) is 8.78 Å². The van der Waals surface area contributed by atoms with Crippen LogP contribution in [0.3, 0.4) is 0 Å². The number of hydrogen-bond donors (Lipinski definition) is 1. The number of pyridine rings is 1. The molecule has 0 bridgehead atoms. The number of halogens is 3. The normalized spacial score (nSPS) is 14.5. The Labute approximate surface area is 198 Å². The van der Waals surface area contributed by atoms with Gasteiger partial charge >= 0.3 is 0 Å². The fourth-order valence-electron chi connectivity index (χ4n) is 3.86. The van der Waals surface area contributed by atoms with E-state index >= 15 is 0 Å². The largest absolute Gasteiger partial charge is 0.435 e. The first-order valence-electron chi connectivity index (χ1n) is 10.7. The van der Waals surface area contributed by atoms with Crippen LogP contribution in [-0.2, 0) is 0 Å². The molecule has 2 aromatic carbocycles. The van der Waals surface area contributed by atoms with E-state index < -0.39 is 11.6 Å². The van der Waals surface area contributed by atoms with Gasteiger partial charge in [0.25, 0.3) is 5.91 Å². The second-order valence-electron chi connectivity index (χ2n) is 8.06. The van der Waals surface area contributed by atoms with E-state index in [2.05, 4.69) is 20.1 Å². The van der Waals surface area contributed by atoms with Gasteiger partial charge in [0.05, 0.1) is 5.02 Å². The van der Waals surface area contributed by atoms with E-state index in [9.17, 15) is 13.6 Å². The standard InChI is InChI=1S/C24H20ClF2N5O2/c1-31-8-10-32(11-9-31)24(33)17-13-16-21(15-4-2-3-5-18(15)25)29-30-22(16)28-23(17)34-20-7-6-14(26)12-19(20)27/h2-7,12-13H,8-11H2,1H3,(H,28,29,30). The molecule has 174 valence electrons. The molecule has 0 unspecified atom stereocenters. The van der Waals surface area contributed by atoms with Gasteiger partial charge in [-0.1, -0.05) is 29.8 Å². The average Bonchev–Trinajstić information content (AvgIpc) is 3.23. The molecule has 10 heteroatoms. The second-order valence-corrected chi connectivity index (χ2v) is 8.47. The Hall–Kier alpha value is -3.56. The highest BCUT2D eigenvalue weighted by molar-refractivity contribution is 6.33. The number of nitrogens with zero attached hydrogens (tertiary/aromatic N) is 4. The third-order valence-electron chi connectivity index (χ3n) is 5.77. The van der Waals surface area contributed by atoms with Crippen LogP contribution >= 0.6 is 11.6 Å². The molecule has 1 aliphatic heterocycles. The first-order valence-corrected chi connectivity index (χ1v) is 11.0. The van der Waals surface area contributed by atoms with Gasteiger partial charge in [0, 0.05) is 43.2 Å². The molecule has 0 saturated carbocycles. The van der Waals surface area contributed by atoms with E-state index in [1.165, 1.54) is 0 Å². The molecule has 0 aliphatic carbocycles. The molecule has 7 nitrogen and oxygen atoms in total. The molecule has 1 aliphatic rings. The minimum atomic E-state index is -0.902. The Bertz CT molecular complexity index is 1390. The molecule has 34 heavy (non-hydrogen) atoms. The molecule has 2 aromatic heterocycles. The fraction of sp³-hybridized carbons (Fsp3) is 0.208. The maximum Gasteiger partial charge on any atom is 0.259 e. The van der Waals surface area contributed by atoms with Gasteiger partial charge in [0.1, 0.15) is 17.1 Å². The SMILES string of the molecule is CN1CCN(C(=O)c2cc3c(-c4ccccc4Cl)n[nH]c3nc2Oc2ccc(F)cc2F)CC1. The zero-order valence-corrected chi connectivity index (χ0v) is 18.9. The number of piperazine rings is 1. The molecule has 0 atom stereocenters. The van der Waals surface area contributed by atoms with Crippen LogP contribution in [0, 0.1) is 11.6 Å². The van der Waals surface area contributed by atoms with Crippen LogP contribution < -0.4 is 4.74 Å². The zero-order valence-electron chi connectivity index (χ0n) is 18.2. The van der Waals surface area contributed by atoms with E-state index in [-0.39, 0.29) is 23.1 Å². The number of nitrogens with one attached hydrogen (secondary N) is 1. The number of ether oxygens (including phenoxy) is 1. The van der Waals surface area contributed by atoms with Crippen molar-refractivity contribution in [3.05, 3.63) is 70.8 Å². The Morgan fingerprint density at radius 3 is 2.59 bits per heavy atom. The highest BCUT2D eigenvalue weighted by Gasteiger charge is 2.27. The lowest BCUT2D eigenvalue weighted by Crippen LogP contribution is -2.47.